The monoisotopic (exact) mass is 334 g/mol. The Balaban J connectivity index is 1.72. The van der Waals surface area contributed by atoms with Gasteiger partial charge in [0.2, 0.25) is 0 Å². The molecule has 2 aromatic rings. The first-order valence-corrected chi connectivity index (χ1v) is 8.25. The van der Waals surface area contributed by atoms with Crippen LogP contribution in [0.4, 0.5) is 0 Å². The van der Waals surface area contributed by atoms with Gasteiger partial charge in [-0.3, -0.25) is 9.58 Å². The van der Waals surface area contributed by atoms with Gasteiger partial charge >= 0.3 is 0 Å². The van der Waals surface area contributed by atoms with Crippen molar-refractivity contribution >= 4 is 11.6 Å². The van der Waals surface area contributed by atoms with E-state index in [1.165, 1.54) is 11.3 Å². The van der Waals surface area contributed by atoms with Gasteiger partial charge in [-0.15, -0.1) is 0 Å². The van der Waals surface area contributed by atoms with E-state index in [1.54, 1.807) is 7.11 Å². The number of hydrogen-bond donors (Lipinski definition) is 1. The smallest absolute Gasteiger partial charge is 0.123 e. The van der Waals surface area contributed by atoms with E-state index in [4.69, 9.17) is 16.3 Å². The van der Waals surface area contributed by atoms with Gasteiger partial charge in [0.15, 0.2) is 0 Å². The predicted molar refractivity (Wildman–Crippen MR) is 91.8 cm³/mol. The fourth-order valence-corrected chi connectivity index (χ4v) is 3.17. The molecule has 0 amide bonds. The average Bonchev–Trinajstić information content (AvgIpc) is 2.94. The topological polar surface area (TPSA) is 42.3 Å². The largest absolute Gasteiger partial charge is 0.496 e. The molecule has 124 valence electrons. The Labute approximate surface area is 142 Å². The van der Waals surface area contributed by atoms with Gasteiger partial charge in [0.25, 0.3) is 0 Å². The quantitative estimate of drug-likeness (QED) is 0.913. The summed E-state index contributed by atoms with van der Waals surface area (Å²) in [5.74, 6) is 0.853. The summed E-state index contributed by atoms with van der Waals surface area (Å²) in [6.45, 7) is 5.86. The van der Waals surface area contributed by atoms with Gasteiger partial charge in [-0.25, -0.2) is 0 Å². The lowest BCUT2D eigenvalue weighted by atomic mass is 10.1. The number of rotatable bonds is 5. The van der Waals surface area contributed by atoms with Crippen molar-refractivity contribution in [1.29, 1.82) is 0 Å². The highest BCUT2D eigenvalue weighted by atomic mass is 35.5. The van der Waals surface area contributed by atoms with E-state index in [0.29, 0.717) is 0 Å². The van der Waals surface area contributed by atoms with Crippen LogP contribution in [0.25, 0.3) is 0 Å². The molecule has 3 rings (SSSR count). The summed E-state index contributed by atoms with van der Waals surface area (Å²) < 4.78 is 7.55. The average molecular weight is 335 g/mol. The summed E-state index contributed by atoms with van der Waals surface area (Å²) in [5.41, 5.74) is 3.62. The highest BCUT2D eigenvalue weighted by Gasteiger charge is 2.19. The van der Waals surface area contributed by atoms with Crippen LogP contribution in [0.2, 0.25) is 5.02 Å². The molecule has 6 heteroatoms. The van der Waals surface area contributed by atoms with Crippen LogP contribution in [0.15, 0.2) is 24.4 Å². The molecule has 0 saturated carbocycles. The molecule has 0 fully saturated rings. The van der Waals surface area contributed by atoms with E-state index < -0.39 is 0 Å². The molecule has 0 aliphatic carbocycles. The number of methoxy groups -OCH3 is 1. The second-order valence-electron chi connectivity index (χ2n) is 6.07. The summed E-state index contributed by atoms with van der Waals surface area (Å²) in [6, 6.07) is 5.85. The number of likely N-dealkylation sites (N-methyl/N-ethyl adjacent to an activating group) is 1. The second-order valence-corrected chi connectivity index (χ2v) is 6.50. The summed E-state index contributed by atoms with van der Waals surface area (Å²) in [4.78, 5) is 2.32. The SMILES string of the molecule is COc1ccc(Cl)cc1C(C)NCc1cnn2c1CN(C)CC2. The van der Waals surface area contributed by atoms with Crippen LogP contribution in [-0.4, -0.2) is 35.4 Å². The van der Waals surface area contributed by atoms with Crippen molar-refractivity contribution in [2.45, 2.75) is 32.6 Å². The molecule has 1 aromatic carbocycles. The first-order chi connectivity index (χ1) is 11.1. The van der Waals surface area contributed by atoms with Crippen molar-refractivity contribution < 1.29 is 4.74 Å². The maximum atomic E-state index is 6.13. The number of benzene rings is 1. The highest BCUT2D eigenvalue weighted by molar-refractivity contribution is 6.30. The van der Waals surface area contributed by atoms with Crippen LogP contribution >= 0.6 is 11.6 Å². The van der Waals surface area contributed by atoms with Gasteiger partial charge in [-0.2, -0.15) is 5.10 Å². The second kappa shape index (κ2) is 6.91. The molecule has 1 aliphatic rings. The minimum Gasteiger partial charge on any atom is -0.496 e. The zero-order valence-corrected chi connectivity index (χ0v) is 14.6. The van der Waals surface area contributed by atoms with E-state index in [1.807, 2.05) is 24.4 Å². The Hall–Kier alpha value is -1.56. The Morgan fingerprint density at radius 3 is 3.00 bits per heavy atom. The van der Waals surface area contributed by atoms with Crippen LogP contribution in [0.3, 0.4) is 0 Å². The standard InChI is InChI=1S/C17H23ClN4O/c1-12(15-8-14(18)4-5-17(15)23-3)19-9-13-10-20-22-7-6-21(2)11-16(13)22/h4-5,8,10,12,19H,6-7,9,11H2,1-3H3. The molecule has 1 aliphatic heterocycles. The van der Waals surface area contributed by atoms with Crippen LogP contribution in [0, 0.1) is 0 Å². The third-order valence-corrected chi connectivity index (χ3v) is 4.64. The number of halogens is 1. The number of hydrogen-bond acceptors (Lipinski definition) is 4. The van der Waals surface area contributed by atoms with E-state index in [0.717, 1.165) is 42.5 Å². The van der Waals surface area contributed by atoms with Crippen molar-refractivity contribution in [3.05, 3.63) is 46.2 Å². The Morgan fingerprint density at radius 2 is 2.22 bits per heavy atom. The third kappa shape index (κ3) is 3.52. The fraction of sp³-hybridized carbons (Fsp3) is 0.471. The molecule has 0 bridgehead atoms. The maximum absolute atomic E-state index is 6.13. The van der Waals surface area contributed by atoms with Crippen molar-refractivity contribution in [3.8, 4) is 5.75 Å². The predicted octanol–water partition coefficient (Wildman–Crippen LogP) is 2.84. The van der Waals surface area contributed by atoms with E-state index in [9.17, 15) is 0 Å². The van der Waals surface area contributed by atoms with E-state index >= 15 is 0 Å². The molecule has 0 saturated heterocycles. The minimum absolute atomic E-state index is 0.139. The zero-order valence-electron chi connectivity index (χ0n) is 13.8. The van der Waals surface area contributed by atoms with Crippen molar-refractivity contribution in [3.63, 3.8) is 0 Å². The first-order valence-electron chi connectivity index (χ1n) is 7.87. The van der Waals surface area contributed by atoms with Gasteiger partial charge in [0.05, 0.1) is 25.5 Å². The number of fused-ring (bicyclic) bond motifs is 1. The Kier molecular flexibility index (Phi) is 4.90. The molecule has 23 heavy (non-hydrogen) atoms. The van der Waals surface area contributed by atoms with Crippen LogP contribution in [-0.2, 0) is 19.6 Å². The van der Waals surface area contributed by atoms with Crippen LogP contribution < -0.4 is 10.1 Å². The molecule has 1 unspecified atom stereocenters. The fourth-order valence-electron chi connectivity index (χ4n) is 2.99. The molecule has 1 atom stereocenters. The van der Waals surface area contributed by atoms with E-state index in [-0.39, 0.29) is 6.04 Å². The third-order valence-electron chi connectivity index (χ3n) is 4.41. The zero-order chi connectivity index (χ0) is 16.4. The number of aromatic nitrogens is 2. The van der Waals surface area contributed by atoms with Gasteiger partial charge in [-0.05, 0) is 32.2 Å². The lowest BCUT2D eigenvalue weighted by molar-refractivity contribution is 0.257. The van der Waals surface area contributed by atoms with E-state index in [2.05, 4.69) is 34.0 Å². The summed E-state index contributed by atoms with van der Waals surface area (Å²) in [5, 5.41) is 8.77. The molecular weight excluding hydrogens is 312 g/mol. The molecule has 0 radical (unpaired) electrons. The maximum Gasteiger partial charge on any atom is 0.123 e. The minimum atomic E-state index is 0.139. The molecule has 0 spiro atoms. The van der Waals surface area contributed by atoms with Crippen molar-refractivity contribution in [2.75, 3.05) is 20.7 Å². The van der Waals surface area contributed by atoms with Gasteiger partial charge in [0.1, 0.15) is 5.75 Å². The lowest BCUT2D eigenvalue weighted by Gasteiger charge is -2.24. The van der Waals surface area contributed by atoms with Gasteiger partial charge < -0.3 is 10.1 Å². The van der Waals surface area contributed by atoms with Crippen LogP contribution in [0.1, 0.15) is 29.8 Å². The van der Waals surface area contributed by atoms with Crippen LogP contribution in [0.5, 0.6) is 5.75 Å². The Morgan fingerprint density at radius 1 is 1.39 bits per heavy atom. The molecule has 1 N–H and O–H groups in total. The molecule has 5 nitrogen and oxygen atoms in total. The van der Waals surface area contributed by atoms with Gasteiger partial charge in [0, 0.05) is 41.8 Å². The summed E-state index contributed by atoms with van der Waals surface area (Å²) in [7, 11) is 3.83. The lowest BCUT2D eigenvalue weighted by Crippen LogP contribution is -2.31. The van der Waals surface area contributed by atoms with Gasteiger partial charge in [-0.1, -0.05) is 11.6 Å². The molecule has 2 heterocycles. The number of ether oxygens (including phenoxy) is 1. The first kappa shape index (κ1) is 16.3. The normalized spacial score (nSPS) is 16.2. The highest BCUT2D eigenvalue weighted by Crippen LogP contribution is 2.28. The number of nitrogens with one attached hydrogen (secondary N) is 1. The molecule has 1 aromatic heterocycles. The van der Waals surface area contributed by atoms with Crippen molar-refractivity contribution in [2.24, 2.45) is 0 Å². The molecular formula is C17H23ClN4O. The van der Waals surface area contributed by atoms with Crippen molar-refractivity contribution in [1.82, 2.24) is 20.0 Å². The number of nitrogens with zero attached hydrogens (tertiary/aromatic N) is 3. The summed E-state index contributed by atoms with van der Waals surface area (Å²) in [6.07, 6.45) is 1.98. The summed E-state index contributed by atoms with van der Waals surface area (Å²) >= 11 is 6.13. The Bertz CT molecular complexity index is 685.